The quantitative estimate of drug-likeness (QED) is 0.452. The summed E-state index contributed by atoms with van der Waals surface area (Å²) < 4.78 is 32.9. The molecule has 2 heterocycles. The van der Waals surface area contributed by atoms with Gasteiger partial charge in [-0.25, -0.2) is 14.2 Å². The zero-order valence-corrected chi connectivity index (χ0v) is 15.1. The van der Waals surface area contributed by atoms with E-state index in [1.165, 1.54) is 18.5 Å². The van der Waals surface area contributed by atoms with Gasteiger partial charge in [-0.2, -0.15) is 14.4 Å². The molecule has 0 spiro atoms. The van der Waals surface area contributed by atoms with Gasteiger partial charge in [-0.15, -0.1) is 0 Å². The fourth-order valence-electron chi connectivity index (χ4n) is 2.66. The van der Waals surface area contributed by atoms with Crippen LogP contribution in [0.15, 0.2) is 30.6 Å². The highest BCUT2D eigenvalue weighted by Gasteiger charge is 2.11. The fraction of sp³-hybridized carbons (Fsp3) is 0.333. The molecule has 0 aliphatic rings. The number of hydrogen-bond acceptors (Lipinski definition) is 6. The summed E-state index contributed by atoms with van der Waals surface area (Å²) in [7, 11) is 0. The number of fused-ring (bicyclic) bond motifs is 1. The van der Waals surface area contributed by atoms with Gasteiger partial charge in [0.05, 0.1) is 12.9 Å². The SMILES string of the molecule is Nc1nc(F)nc2c1ncn2CCCCOC(=O)NCCc1ccc(F)cc1. The number of carbonyl (C=O) groups is 1. The molecule has 0 fully saturated rings. The first kappa shape index (κ1) is 19.5. The monoisotopic (exact) mass is 390 g/mol. The number of alkyl carbamates (subject to hydrolysis) is 1. The predicted octanol–water partition coefficient (Wildman–Crippen LogP) is 2.44. The minimum absolute atomic E-state index is 0.00175. The normalized spacial score (nSPS) is 10.9. The molecule has 0 saturated heterocycles. The van der Waals surface area contributed by atoms with Gasteiger partial charge in [0, 0.05) is 13.1 Å². The molecule has 0 aliphatic heterocycles. The van der Waals surface area contributed by atoms with Gasteiger partial charge in [-0.3, -0.25) is 0 Å². The van der Waals surface area contributed by atoms with E-state index in [1.807, 2.05) is 0 Å². The van der Waals surface area contributed by atoms with Crippen LogP contribution in [0.2, 0.25) is 0 Å². The number of nitrogens with zero attached hydrogens (tertiary/aromatic N) is 4. The van der Waals surface area contributed by atoms with Crippen molar-refractivity contribution in [2.45, 2.75) is 25.8 Å². The fourth-order valence-corrected chi connectivity index (χ4v) is 2.66. The number of hydrogen-bond donors (Lipinski definition) is 2. The number of unbranched alkanes of at least 4 members (excludes halogenated alkanes) is 1. The lowest BCUT2D eigenvalue weighted by atomic mass is 10.1. The van der Waals surface area contributed by atoms with E-state index in [4.69, 9.17) is 10.5 Å². The van der Waals surface area contributed by atoms with Crippen LogP contribution in [-0.4, -0.2) is 38.8 Å². The lowest BCUT2D eigenvalue weighted by molar-refractivity contribution is 0.144. The summed E-state index contributed by atoms with van der Waals surface area (Å²) in [5, 5.41) is 2.64. The number of aromatic nitrogens is 4. The molecule has 0 radical (unpaired) electrons. The van der Waals surface area contributed by atoms with Gasteiger partial charge in [0.25, 0.3) is 0 Å². The maximum atomic E-state index is 13.3. The minimum Gasteiger partial charge on any atom is -0.450 e. The number of rotatable bonds is 8. The van der Waals surface area contributed by atoms with Gasteiger partial charge in [-0.05, 0) is 37.0 Å². The molecule has 28 heavy (non-hydrogen) atoms. The van der Waals surface area contributed by atoms with Crippen LogP contribution in [0.4, 0.5) is 19.4 Å². The molecule has 3 aromatic rings. The Hall–Kier alpha value is -3.30. The molecule has 0 aliphatic carbocycles. The van der Waals surface area contributed by atoms with Crippen LogP contribution in [0.1, 0.15) is 18.4 Å². The summed E-state index contributed by atoms with van der Waals surface area (Å²) in [5.74, 6) is -0.289. The van der Waals surface area contributed by atoms with E-state index in [1.54, 1.807) is 16.7 Å². The number of amides is 1. The van der Waals surface area contributed by atoms with Crippen LogP contribution < -0.4 is 11.1 Å². The zero-order valence-electron chi connectivity index (χ0n) is 15.1. The third-order valence-electron chi connectivity index (χ3n) is 4.09. The second-order valence-corrected chi connectivity index (χ2v) is 6.13. The van der Waals surface area contributed by atoms with Crippen molar-refractivity contribution in [2.75, 3.05) is 18.9 Å². The van der Waals surface area contributed by atoms with E-state index in [0.29, 0.717) is 43.5 Å². The lowest BCUT2D eigenvalue weighted by Crippen LogP contribution is -2.26. The first-order valence-corrected chi connectivity index (χ1v) is 8.82. The molecular formula is C18H20F2N6O2. The molecule has 2 aromatic heterocycles. The number of nitrogens with one attached hydrogen (secondary N) is 1. The molecule has 0 atom stereocenters. The third-order valence-corrected chi connectivity index (χ3v) is 4.09. The Kier molecular flexibility index (Phi) is 6.30. The van der Waals surface area contributed by atoms with E-state index in [0.717, 1.165) is 5.56 Å². The van der Waals surface area contributed by atoms with Gasteiger partial charge in [0.1, 0.15) is 11.3 Å². The van der Waals surface area contributed by atoms with E-state index in [-0.39, 0.29) is 18.2 Å². The van der Waals surface area contributed by atoms with Gasteiger partial charge in [0.2, 0.25) is 0 Å². The van der Waals surface area contributed by atoms with Crippen LogP contribution in [0.25, 0.3) is 11.2 Å². The molecule has 0 unspecified atom stereocenters. The summed E-state index contributed by atoms with van der Waals surface area (Å²) in [4.78, 5) is 22.9. The molecule has 0 bridgehead atoms. The molecule has 148 valence electrons. The Bertz CT molecular complexity index is 945. The summed E-state index contributed by atoms with van der Waals surface area (Å²) in [6.45, 7) is 1.18. The Morgan fingerprint density at radius 1 is 1.18 bits per heavy atom. The summed E-state index contributed by atoms with van der Waals surface area (Å²) in [6.07, 6.45) is 2.02. The van der Waals surface area contributed by atoms with Gasteiger partial charge < -0.3 is 20.4 Å². The zero-order chi connectivity index (χ0) is 19.9. The standard InChI is InChI=1S/C18H20F2N6O2/c19-13-5-3-12(4-6-13)7-8-22-18(27)28-10-2-1-9-26-11-23-14-15(21)24-17(20)25-16(14)26/h3-6,11H,1-2,7-10H2,(H,22,27)(H2,21,24,25). The Labute approximate surface area is 159 Å². The van der Waals surface area contributed by atoms with Crippen LogP contribution in [-0.2, 0) is 17.7 Å². The molecule has 0 saturated carbocycles. The highest BCUT2D eigenvalue weighted by atomic mass is 19.1. The van der Waals surface area contributed by atoms with Crippen LogP contribution >= 0.6 is 0 Å². The van der Waals surface area contributed by atoms with Crippen molar-refractivity contribution in [3.8, 4) is 0 Å². The van der Waals surface area contributed by atoms with Crippen molar-refractivity contribution in [1.82, 2.24) is 24.8 Å². The molecule has 1 amide bonds. The number of imidazole rings is 1. The minimum atomic E-state index is -0.896. The first-order valence-electron chi connectivity index (χ1n) is 8.82. The summed E-state index contributed by atoms with van der Waals surface area (Å²) in [5.41, 5.74) is 7.24. The van der Waals surface area contributed by atoms with Crippen LogP contribution in [0.3, 0.4) is 0 Å². The lowest BCUT2D eigenvalue weighted by Gasteiger charge is -2.08. The van der Waals surface area contributed by atoms with E-state index >= 15 is 0 Å². The summed E-state index contributed by atoms with van der Waals surface area (Å²) >= 11 is 0. The molecular weight excluding hydrogens is 370 g/mol. The highest BCUT2D eigenvalue weighted by Crippen LogP contribution is 2.16. The Morgan fingerprint density at radius 3 is 2.75 bits per heavy atom. The van der Waals surface area contributed by atoms with Gasteiger partial charge in [-0.1, -0.05) is 12.1 Å². The predicted molar refractivity (Wildman–Crippen MR) is 98.4 cm³/mol. The number of anilines is 1. The number of carbonyl (C=O) groups excluding carboxylic acids is 1. The number of aryl methyl sites for hydroxylation is 1. The third kappa shape index (κ3) is 5.12. The molecule has 3 N–H and O–H groups in total. The number of nitrogen functional groups attached to an aromatic ring is 1. The topological polar surface area (TPSA) is 108 Å². The molecule has 1 aromatic carbocycles. The second-order valence-electron chi connectivity index (χ2n) is 6.13. The van der Waals surface area contributed by atoms with E-state index in [2.05, 4.69) is 20.3 Å². The van der Waals surface area contributed by atoms with Crippen molar-refractivity contribution < 1.29 is 18.3 Å². The van der Waals surface area contributed by atoms with Gasteiger partial charge in [0.15, 0.2) is 11.5 Å². The highest BCUT2D eigenvalue weighted by molar-refractivity contribution is 5.81. The van der Waals surface area contributed by atoms with E-state index in [9.17, 15) is 13.6 Å². The average molecular weight is 390 g/mol. The largest absolute Gasteiger partial charge is 0.450 e. The Morgan fingerprint density at radius 2 is 1.96 bits per heavy atom. The maximum absolute atomic E-state index is 13.3. The van der Waals surface area contributed by atoms with E-state index < -0.39 is 12.2 Å². The first-order chi connectivity index (χ1) is 13.5. The Balaban J connectivity index is 1.33. The number of benzene rings is 1. The second kappa shape index (κ2) is 9.07. The van der Waals surface area contributed by atoms with Crippen LogP contribution in [0.5, 0.6) is 0 Å². The molecule has 8 nitrogen and oxygen atoms in total. The number of ether oxygens (including phenoxy) is 1. The van der Waals surface area contributed by atoms with Crippen molar-refractivity contribution in [3.05, 3.63) is 48.1 Å². The smallest absolute Gasteiger partial charge is 0.407 e. The number of halogens is 2. The van der Waals surface area contributed by atoms with Gasteiger partial charge >= 0.3 is 12.2 Å². The molecule has 3 rings (SSSR count). The molecule has 10 heteroatoms. The van der Waals surface area contributed by atoms with Crippen LogP contribution in [0, 0.1) is 11.9 Å². The van der Waals surface area contributed by atoms with Crippen molar-refractivity contribution in [3.63, 3.8) is 0 Å². The van der Waals surface area contributed by atoms with Crippen molar-refractivity contribution in [2.24, 2.45) is 0 Å². The van der Waals surface area contributed by atoms with Crippen molar-refractivity contribution >= 4 is 23.1 Å². The average Bonchev–Trinajstić information content (AvgIpc) is 3.06. The maximum Gasteiger partial charge on any atom is 0.407 e. The number of nitrogens with two attached hydrogens (primary N) is 1. The van der Waals surface area contributed by atoms with Crippen molar-refractivity contribution in [1.29, 1.82) is 0 Å². The summed E-state index contributed by atoms with van der Waals surface area (Å²) in [6, 6.07) is 6.11.